The second-order valence-corrected chi connectivity index (χ2v) is 14.2. The van der Waals surface area contributed by atoms with Gasteiger partial charge in [-0.2, -0.15) is 0 Å². The third-order valence-electron chi connectivity index (χ3n) is 11.0. The lowest BCUT2D eigenvalue weighted by atomic mass is 9.96. The summed E-state index contributed by atoms with van der Waals surface area (Å²) in [5.74, 6) is 0. The highest BCUT2D eigenvalue weighted by atomic mass is 15.0. The molecule has 0 atom stereocenters. The van der Waals surface area contributed by atoms with Crippen LogP contribution in [0.3, 0.4) is 0 Å². The van der Waals surface area contributed by atoms with Crippen molar-refractivity contribution in [3.63, 3.8) is 0 Å². The second kappa shape index (κ2) is 12.6. The molecule has 11 rings (SSSR count). The Kier molecular flexibility index (Phi) is 7.17. The van der Waals surface area contributed by atoms with E-state index >= 15 is 0 Å². The van der Waals surface area contributed by atoms with Crippen molar-refractivity contribution in [2.75, 3.05) is 0 Å². The average Bonchev–Trinajstić information content (AvgIpc) is 3.60. The van der Waals surface area contributed by atoms with Gasteiger partial charge >= 0.3 is 0 Å². The highest BCUT2D eigenvalue weighted by Crippen LogP contribution is 2.37. The first-order valence-corrected chi connectivity index (χ1v) is 18.7. The Balaban J connectivity index is 0.890. The molecule has 9 aromatic carbocycles. The van der Waals surface area contributed by atoms with Gasteiger partial charge in [0.15, 0.2) is 0 Å². The maximum atomic E-state index is 5.19. The maximum Gasteiger partial charge on any atom is 0.0979 e. The molecule has 2 aromatic heterocycles. The van der Waals surface area contributed by atoms with Crippen LogP contribution in [0.4, 0.5) is 0 Å². The number of aromatic nitrogens is 3. The van der Waals surface area contributed by atoms with Gasteiger partial charge in [0.1, 0.15) is 0 Å². The predicted octanol–water partition coefficient (Wildman–Crippen LogP) is 13.7. The zero-order valence-electron chi connectivity index (χ0n) is 29.9. The van der Waals surface area contributed by atoms with E-state index in [1.54, 1.807) is 0 Å². The first-order chi connectivity index (χ1) is 27.3. The van der Waals surface area contributed by atoms with E-state index in [1.807, 2.05) is 6.20 Å². The van der Waals surface area contributed by atoms with Crippen molar-refractivity contribution in [1.82, 2.24) is 14.5 Å². The molecule has 3 heteroatoms. The highest BCUT2D eigenvalue weighted by molar-refractivity contribution is 6.23. The van der Waals surface area contributed by atoms with E-state index in [4.69, 9.17) is 9.97 Å². The zero-order chi connectivity index (χ0) is 36.3. The minimum atomic E-state index is 0.870. The number of hydrogen-bond acceptors (Lipinski definition) is 2. The Morgan fingerprint density at radius 1 is 0.309 bits per heavy atom. The first kappa shape index (κ1) is 31.2. The van der Waals surface area contributed by atoms with Crippen LogP contribution in [0.1, 0.15) is 0 Å². The maximum absolute atomic E-state index is 5.19. The second-order valence-electron chi connectivity index (χ2n) is 14.2. The van der Waals surface area contributed by atoms with Crippen LogP contribution in [-0.2, 0) is 0 Å². The Morgan fingerprint density at radius 3 is 1.45 bits per heavy atom. The van der Waals surface area contributed by atoms with Gasteiger partial charge < -0.3 is 4.57 Å². The molecule has 0 unspecified atom stereocenters. The summed E-state index contributed by atoms with van der Waals surface area (Å²) in [4.78, 5) is 10.1. The van der Waals surface area contributed by atoms with Gasteiger partial charge in [-0.05, 0) is 80.6 Å². The molecule has 0 radical (unpaired) electrons. The standard InChI is InChI=1S/C52H33N3/c1-2-13-41(14-3-1)55-49-20-9-8-17-44(49)47-32-40(29-30-50(47)55)36-23-21-34(22-24-36)38-11-10-12-39(31-38)35-25-27-37(28-26-35)48-33-53-51-45-18-6-4-15-42(45)43-16-5-7-19-46(43)52(51)54-48/h1-33H. The smallest absolute Gasteiger partial charge is 0.0979 e. The molecule has 3 nitrogen and oxygen atoms in total. The van der Waals surface area contributed by atoms with Gasteiger partial charge in [-0.25, -0.2) is 4.98 Å². The number of benzene rings is 9. The third-order valence-corrected chi connectivity index (χ3v) is 11.0. The van der Waals surface area contributed by atoms with Gasteiger partial charge in [0, 0.05) is 32.8 Å². The van der Waals surface area contributed by atoms with Crippen LogP contribution in [0.5, 0.6) is 0 Å². The van der Waals surface area contributed by atoms with Crippen molar-refractivity contribution in [2.24, 2.45) is 0 Å². The quantitative estimate of drug-likeness (QED) is 0.167. The van der Waals surface area contributed by atoms with E-state index < -0.39 is 0 Å². The molecular weight excluding hydrogens is 667 g/mol. The molecule has 2 heterocycles. The van der Waals surface area contributed by atoms with Crippen molar-refractivity contribution < 1.29 is 0 Å². The van der Waals surface area contributed by atoms with E-state index in [0.29, 0.717) is 0 Å². The van der Waals surface area contributed by atoms with Gasteiger partial charge in [-0.1, -0.05) is 158 Å². The molecule has 256 valence electrons. The Labute approximate surface area is 318 Å². The summed E-state index contributed by atoms with van der Waals surface area (Å²) < 4.78 is 2.36. The molecule has 0 aliphatic heterocycles. The lowest BCUT2D eigenvalue weighted by molar-refractivity contribution is 1.18. The average molecular weight is 700 g/mol. The van der Waals surface area contributed by atoms with Crippen molar-refractivity contribution in [1.29, 1.82) is 0 Å². The molecule has 55 heavy (non-hydrogen) atoms. The molecule has 11 aromatic rings. The first-order valence-electron chi connectivity index (χ1n) is 18.7. The number of nitrogens with zero attached hydrogens (tertiary/aromatic N) is 3. The summed E-state index contributed by atoms with van der Waals surface area (Å²) in [6.07, 6.45) is 1.91. The Morgan fingerprint density at radius 2 is 0.800 bits per heavy atom. The van der Waals surface area contributed by atoms with Crippen LogP contribution in [0, 0.1) is 0 Å². The van der Waals surface area contributed by atoms with E-state index in [9.17, 15) is 0 Å². The van der Waals surface area contributed by atoms with Crippen LogP contribution in [0.2, 0.25) is 0 Å². The molecule has 0 bridgehead atoms. The molecule has 0 amide bonds. The summed E-state index contributed by atoms with van der Waals surface area (Å²) in [6.45, 7) is 0. The van der Waals surface area contributed by atoms with Crippen LogP contribution >= 0.6 is 0 Å². The molecule has 0 saturated carbocycles. The molecule has 0 fully saturated rings. The van der Waals surface area contributed by atoms with Crippen LogP contribution in [-0.4, -0.2) is 14.5 Å². The van der Waals surface area contributed by atoms with Gasteiger partial charge in [0.2, 0.25) is 0 Å². The van der Waals surface area contributed by atoms with E-state index in [1.165, 1.54) is 66.1 Å². The number of rotatable bonds is 5. The number of para-hydroxylation sites is 2. The zero-order valence-corrected chi connectivity index (χ0v) is 29.9. The van der Waals surface area contributed by atoms with E-state index in [0.717, 1.165) is 38.6 Å². The molecular formula is C52H33N3. The Bertz CT molecular complexity index is 3200. The lowest BCUT2D eigenvalue weighted by Crippen LogP contribution is -1.92. The summed E-state index contributed by atoms with van der Waals surface area (Å²) in [7, 11) is 0. The number of fused-ring (bicyclic) bond motifs is 9. The molecule has 0 saturated heterocycles. The van der Waals surface area contributed by atoms with E-state index in [-0.39, 0.29) is 0 Å². The van der Waals surface area contributed by atoms with Gasteiger partial charge in [-0.3, -0.25) is 4.98 Å². The summed E-state index contributed by atoms with van der Waals surface area (Å²) in [5.41, 5.74) is 14.5. The number of hydrogen-bond donors (Lipinski definition) is 0. The van der Waals surface area contributed by atoms with Gasteiger partial charge in [0.25, 0.3) is 0 Å². The summed E-state index contributed by atoms with van der Waals surface area (Å²) in [6, 6.07) is 69.5. The fourth-order valence-electron chi connectivity index (χ4n) is 8.34. The van der Waals surface area contributed by atoms with E-state index in [2.05, 4.69) is 199 Å². The van der Waals surface area contributed by atoms with Crippen LogP contribution < -0.4 is 0 Å². The topological polar surface area (TPSA) is 30.7 Å². The monoisotopic (exact) mass is 699 g/mol. The molecule has 0 aliphatic carbocycles. The largest absolute Gasteiger partial charge is 0.309 e. The van der Waals surface area contributed by atoms with Gasteiger partial charge in [0.05, 0.1) is 34.0 Å². The minimum absolute atomic E-state index is 0.870. The van der Waals surface area contributed by atoms with Crippen molar-refractivity contribution >= 4 is 54.4 Å². The summed E-state index contributed by atoms with van der Waals surface area (Å²) >= 11 is 0. The summed E-state index contributed by atoms with van der Waals surface area (Å²) in [5, 5.41) is 7.18. The third kappa shape index (κ3) is 5.20. The van der Waals surface area contributed by atoms with Crippen molar-refractivity contribution in [3.05, 3.63) is 200 Å². The lowest BCUT2D eigenvalue weighted by Gasteiger charge is -2.11. The fraction of sp³-hybridized carbons (Fsp3) is 0. The highest BCUT2D eigenvalue weighted by Gasteiger charge is 2.14. The minimum Gasteiger partial charge on any atom is -0.309 e. The van der Waals surface area contributed by atoms with Crippen LogP contribution in [0.15, 0.2) is 200 Å². The fourth-order valence-corrected chi connectivity index (χ4v) is 8.34. The molecule has 0 spiro atoms. The Hall–Kier alpha value is -7.36. The molecule has 0 aliphatic rings. The van der Waals surface area contributed by atoms with Gasteiger partial charge in [-0.15, -0.1) is 0 Å². The predicted molar refractivity (Wildman–Crippen MR) is 231 cm³/mol. The van der Waals surface area contributed by atoms with Crippen molar-refractivity contribution in [3.8, 4) is 50.3 Å². The SMILES string of the molecule is c1ccc(-n2c3ccccc3c3cc(-c4ccc(-c5cccc(-c6ccc(-c7cnc8c9ccccc9c9ccccc9c8n7)cc6)c5)cc4)ccc32)cc1. The van der Waals surface area contributed by atoms with Crippen molar-refractivity contribution in [2.45, 2.75) is 0 Å². The molecule has 0 N–H and O–H groups in total. The normalized spacial score (nSPS) is 11.6. The van der Waals surface area contributed by atoms with Crippen LogP contribution in [0.25, 0.3) is 105 Å².